The molecule has 9 heteroatoms. The molecule has 0 nitrogen and oxygen atoms in total. The number of allylic oxidation sites excluding steroid dienone is 2. The van der Waals surface area contributed by atoms with Crippen LogP contribution in [0.15, 0.2) is 23.6 Å². The van der Waals surface area contributed by atoms with E-state index in [0.717, 1.165) is 48.9 Å². The Morgan fingerprint density at radius 2 is 1.22 bits per heavy atom. The van der Waals surface area contributed by atoms with Gasteiger partial charge in [0.1, 0.15) is 0 Å². The molecule has 0 aliphatic heterocycles. The van der Waals surface area contributed by atoms with Gasteiger partial charge in [-0.2, -0.15) is 0 Å². The van der Waals surface area contributed by atoms with Crippen LogP contribution in [0.3, 0.4) is 0 Å². The van der Waals surface area contributed by atoms with Gasteiger partial charge in [0.15, 0.2) is 0 Å². The van der Waals surface area contributed by atoms with Crippen molar-refractivity contribution in [3.05, 3.63) is 23.6 Å². The first-order valence-corrected chi connectivity index (χ1v) is 17.9. The largest absolute Gasteiger partial charge is 0.276 e. The summed E-state index contributed by atoms with van der Waals surface area (Å²) in [5, 5.41) is 1.71. The lowest BCUT2D eigenvalue weighted by Gasteiger charge is -2.37. The van der Waals surface area contributed by atoms with Crippen LogP contribution >= 0.6 is 67.5 Å². The second-order valence-corrected chi connectivity index (χ2v) is 24.0. The molecule has 23 heavy (non-hydrogen) atoms. The molecule has 0 fully saturated rings. The van der Waals surface area contributed by atoms with E-state index in [9.17, 15) is 0 Å². The summed E-state index contributed by atoms with van der Waals surface area (Å²) >= 11 is 39.3. The van der Waals surface area contributed by atoms with Gasteiger partial charge in [-0.05, 0) is 12.8 Å². The van der Waals surface area contributed by atoms with Gasteiger partial charge in [0.2, 0.25) is 0 Å². The molecular formula is C14H24Cl6Si3. The van der Waals surface area contributed by atoms with E-state index < -0.39 is 17.8 Å². The van der Waals surface area contributed by atoms with Crippen LogP contribution < -0.4 is 0 Å². The molecule has 0 atom stereocenters. The summed E-state index contributed by atoms with van der Waals surface area (Å²) in [6.07, 6.45) is 5.64. The minimum absolute atomic E-state index is 0.0832. The Labute approximate surface area is 174 Å². The summed E-state index contributed by atoms with van der Waals surface area (Å²) < 4.78 is -0.591. The van der Waals surface area contributed by atoms with E-state index in [1.807, 2.05) is 0 Å². The van der Waals surface area contributed by atoms with E-state index in [1.54, 1.807) is 0 Å². The van der Waals surface area contributed by atoms with Crippen molar-refractivity contribution in [2.24, 2.45) is 0 Å². The van der Waals surface area contributed by atoms with Crippen molar-refractivity contribution in [2.45, 2.75) is 61.6 Å². The van der Waals surface area contributed by atoms with Crippen LogP contribution in [0.2, 0.25) is 4.79 Å². The van der Waals surface area contributed by atoms with Gasteiger partial charge in [0.05, 0.1) is 14.0 Å². The van der Waals surface area contributed by atoms with Crippen molar-refractivity contribution >= 4 is 90.4 Å². The summed E-state index contributed by atoms with van der Waals surface area (Å²) in [4.78, 5) is -0.296. The van der Waals surface area contributed by atoms with E-state index >= 15 is 0 Å². The lowest BCUT2D eigenvalue weighted by molar-refractivity contribution is 0.804. The highest BCUT2D eigenvalue weighted by molar-refractivity contribution is 7.62. The topological polar surface area (TPSA) is 0 Å². The molecule has 0 amide bonds. The monoisotopic (exact) mass is 486 g/mol. The molecule has 0 saturated heterocycles. The molecule has 0 rings (SSSR count). The summed E-state index contributed by atoms with van der Waals surface area (Å²) in [7, 11) is 0.0832. The molecule has 2 radical (unpaired) electrons. The summed E-state index contributed by atoms with van der Waals surface area (Å²) in [5.41, 5.74) is 0. The van der Waals surface area contributed by atoms with E-state index in [1.165, 1.54) is 0 Å². The van der Waals surface area contributed by atoms with Crippen LogP contribution in [-0.4, -0.2) is 27.4 Å². The van der Waals surface area contributed by atoms with Gasteiger partial charge in [-0.1, -0.05) is 49.9 Å². The summed E-state index contributed by atoms with van der Waals surface area (Å²) in [6.45, 7) is 6.57. The number of alkyl halides is 2. The Morgan fingerprint density at radius 3 is 1.48 bits per heavy atom. The molecule has 0 spiro atoms. The predicted octanol–water partition coefficient (Wildman–Crippen LogP) is 7.73. The molecule has 0 aliphatic carbocycles. The Bertz CT molecular complexity index is 366. The Morgan fingerprint density at radius 1 is 0.870 bits per heavy atom. The number of unbranched alkanes of at least 4 members (excludes halogenated alkanes) is 2. The van der Waals surface area contributed by atoms with Crippen LogP contribution in [-0.2, 0) is 0 Å². The molecule has 0 aromatic carbocycles. The third-order valence-electron chi connectivity index (χ3n) is 3.62. The van der Waals surface area contributed by atoms with Gasteiger partial charge in [0, 0.05) is 4.79 Å². The van der Waals surface area contributed by atoms with Gasteiger partial charge in [-0.3, -0.25) is 0 Å². The maximum absolute atomic E-state index is 6.81. The van der Waals surface area contributed by atoms with Crippen LogP contribution in [0.5, 0.6) is 0 Å². The Kier molecular flexibility index (Phi) is 12.5. The highest BCUT2D eigenvalue weighted by atomic mass is 35.7. The zero-order valence-corrected chi connectivity index (χ0v) is 21.1. The second kappa shape index (κ2) is 11.6. The van der Waals surface area contributed by atoms with Gasteiger partial charge in [0.25, 0.3) is 13.4 Å². The van der Waals surface area contributed by atoms with Crippen LogP contribution in [0.1, 0.15) is 52.4 Å². The average molecular weight is 489 g/mol. The van der Waals surface area contributed by atoms with Crippen molar-refractivity contribution in [1.29, 1.82) is 0 Å². The SMILES string of the molecule is C=C(CCCC)[Si](Cl)(Cl)C([Si]C(Cl)Cl)[Si](Cl)(Cl)C(=C)CCCC. The molecule has 0 aliphatic rings. The summed E-state index contributed by atoms with van der Waals surface area (Å²) in [5.74, 6) is 0. The normalized spacial score (nSPS) is 13.0. The van der Waals surface area contributed by atoms with E-state index in [4.69, 9.17) is 67.5 Å². The number of halogens is 6. The Hall–Kier alpha value is 1.87. The van der Waals surface area contributed by atoms with Crippen molar-refractivity contribution in [3.8, 4) is 0 Å². The standard InChI is InChI=1S/C14H24Cl6Si3/c1-5-7-9-11(3)22(17,18)14(21-13(15)16)23(19,20)12(4)10-8-6-2/h13-14H,3-10H2,1-2H3. The molecule has 0 aromatic rings. The molecule has 0 N–H and O–H groups in total. The predicted molar refractivity (Wildman–Crippen MR) is 117 cm³/mol. The lowest BCUT2D eigenvalue weighted by Crippen LogP contribution is -2.49. The molecule has 0 aromatic heterocycles. The Balaban J connectivity index is 5.47. The third-order valence-corrected chi connectivity index (χ3v) is 25.2. The zero-order chi connectivity index (χ0) is 18.3. The maximum Gasteiger partial charge on any atom is 0.276 e. The first-order valence-electron chi connectivity index (χ1n) is 7.68. The first kappa shape index (κ1) is 24.9. The molecule has 0 bridgehead atoms. The van der Waals surface area contributed by atoms with Crippen molar-refractivity contribution in [3.63, 3.8) is 0 Å². The maximum atomic E-state index is 6.81. The molecule has 134 valence electrons. The van der Waals surface area contributed by atoms with E-state index in [0.29, 0.717) is 0 Å². The lowest BCUT2D eigenvalue weighted by atomic mass is 10.2. The third kappa shape index (κ3) is 7.96. The van der Waals surface area contributed by atoms with Crippen LogP contribution in [0.25, 0.3) is 0 Å². The number of hydrogen-bond acceptors (Lipinski definition) is 0. The number of rotatable bonds is 12. The molecule has 0 saturated carbocycles. The smallest absolute Gasteiger partial charge is 0.140 e. The molecular weight excluding hydrogens is 465 g/mol. The fraction of sp³-hybridized carbons (Fsp3) is 0.714. The van der Waals surface area contributed by atoms with E-state index in [2.05, 4.69) is 27.0 Å². The summed E-state index contributed by atoms with van der Waals surface area (Å²) in [6, 6.07) is 0. The van der Waals surface area contributed by atoms with Crippen LogP contribution in [0.4, 0.5) is 0 Å². The fourth-order valence-corrected chi connectivity index (χ4v) is 24.4. The molecule has 0 heterocycles. The van der Waals surface area contributed by atoms with Crippen molar-refractivity contribution in [2.75, 3.05) is 0 Å². The zero-order valence-electron chi connectivity index (χ0n) is 13.6. The quantitative estimate of drug-likeness (QED) is 0.150. The van der Waals surface area contributed by atoms with E-state index in [-0.39, 0.29) is 14.3 Å². The van der Waals surface area contributed by atoms with Gasteiger partial charge in [-0.25, -0.2) is 0 Å². The molecule has 0 unspecified atom stereocenters. The van der Waals surface area contributed by atoms with Gasteiger partial charge in [-0.15, -0.1) is 80.7 Å². The van der Waals surface area contributed by atoms with Crippen molar-refractivity contribution in [1.82, 2.24) is 0 Å². The average Bonchev–Trinajstić information content (AvgIpc) is 2.46. The van der Waals surface area contributed by atoms with Crippen LogP contribution in [0, 0.1) is 0 Å². The fourth-order valence-electron chi connectivity index (χ4n) is 2.08. The minimum atomic E-state index is -2.94. The van der Waals surface area contributed by atoms with Gasteiger partial charge < -0.3 is 0 Å². The number of hydrogen-bond donors (Lipinski definition) is 0. The minimum Gasteiger partial charge on any atom is -0.140 e. The first-order chi connectivity index (χ1) is 10.5. The highest BCUT2D eigenvalue weighted by Crippen LogP contribution is 2.49. The highest BCUT2D eigenvalue weighted by Gasteiger charge is 2.55. The van der Waals surface area contributed by atoms with Gasteiger partial charge >= 0.3 is 0 Å². The van der Waals surface area contributed by atoms with Crippen molar-refractivity contribution < 1.29 is 0 Å². The second-order valence-electron chi connectivity index (χ2n) is 5.56.